The Morgan fingerprint density at radius 1 is 1.21 bits per heavy atom. The Kier molecular flexibility index (Phi) is 12.0. The van der Waals surface area contributed by atoms with Crippen LogP contribution >= 0.6 is 9.24 Å². The molecule has 0 aromatic rings. The van der Waals surface area contributed by atoms with Crippen LogP contribution in [0, 0.1) is 5.92 Å². The number of esters is 2. The normalized spacial score (nSPS) is 15.1. The molecule has 0 N–H and O–H groups in total. The number of methoxy groups -OCH3 is 1. The van der Waals surface area contributed by atoms with Gasteiger partial charge >= 0.3 is 11.9 Å². The van der Waals surface area contributed by atoms with Gasteiger partial charge in [-0.05, 0) is 18.5 Å². The molecule has 0 radical (unpaired) electrons. The maximum atomic E-state index is 10.5. The smallest absolute Gasteiger partial charge is 0.305 e. The maximum absolute atomic E-state index is 10.5. The Balaban J connectivity index is 0.000000399. The van der Waals surface area contributed by atoms with Gasteiger partial charge in [0.1, 0.15) is 0 Å². The highest BCUT2D eigenvalue weighted by Crippen LogP contribution is 2.25. The van der Waals surface area contributed by atoms with Crippen LogP contribution in [0.25, 0.3) is 0 Å². The Morgan fingerprint density at radius 2 is 1.84 bits per heavy atom. The molecule has 0 bridgehead atoms. The molecule has 0 aromatic carbocycles. The highest BCUT2D eigenvalue weighted by Gasteiger charge is 2.12. The molecule has 0 aromatic heterocycles. The summed E-state index contributed by atoms with van der Waals surface area (Å²) in [5, 5.41) is 0. The first-order valence-electron chi connectivity index (χ1n) is 7.00. The van der Waals surface area contributed by atoms with E-state index in [-0.39, 0.29) is 11.9 Å². The second kappa shape index (κ2) is 12.4. The molecule has 112 valence electrons. The topological polar surface area (TPSA) is 52.6 Å². The molecular weight excluding hydrogens is 263 g/mol. The number of hydrogen-bond donors (Lipinski definition) is 0. The highest BCUT2D eigenvalue weighted by atomic mass is 31.0. The molecule has 5 heteroatoms. The molecule has 1 fully saturated rings. The minimum Gasteiger partial charge on any atom is -0.469 e. The summed E-state index contributed by atoms with van der Waals surface area (Å²) in [7, 11) is 3.84. The first kappa shape index (κ1) is 18.4. The molecule has 0 heterocycles. The molecule has 1 rings (SSSR count). The lowest BCUT2D eigenvalue weighted by Gasteiger charge is -2.20. The number of carbonyl (C=O) groups excluding carboxylic acids is 2. The summed E-state index contributed by atoms with van der Waals surface area (Å²) in [6, 6.07) is 0. The second-order valence-electron chi connectivity index (χ2n) is 4.75. The van der Waals surface area contributed by atoms with Crippen molar-refractivity contribution in [1.82, 2.24) is 0 Å². The summed E-state index contributed by atoms with van der Waals surface area (Å²) >= 11 is 0. The van der Waals surface area contributed by atoms with Crippen molar-refractivity contribution in [1.29, 1.82) is 0 Å². The van der Waals surface area contributed by atoms with Crippen LogP contribution in [0.3, 0.4) is 0 Å². The minimum absolute atomic E-state index is 0.144. The second-order valence-corrected chi connectivity index (χ2v) is 5.32. The van der Waals surface area contributed by atoms with Crippen molar-refractivity contribution in [2.24, 2.45) is 5.92 Å². The fraction of sp³-hybridized carbons (Fsp3) is 0.857. The van der Waals surface area contributed by atoms with Crippen molar-refractivity contribution in [2.45, 2.75) is 51.9 Å². The molecule has 4 nitrogen and oxygen atoms in total. The molecular formula is C14H27O4P. The van der Waals surface area contributed by atoms with E-state index >= 15 is 0 Å². The summed E-state index contributed by atoms with van der Waals surface area (Å²) in [6.45, 7) is 2.10. The third kappa shape index (κ3) is 12.2. The maximum Gasteiger partial charge on any atom is 0.305 e. The van der Waals surface area contributed by atoms with E-state index in [1.165, 1.54) is 46.1 Å². The fourth-order valence-corrected chi connectivity index (χ4v) is 2.30. The first-order chi connectivity index (χ1) is 9.10. The minimum atomic E-state index is -0.147. The van der Waals surface area contributed by atoms with Gasteiger partial charge < -0.3 is 9.47 Å². The van der Waals surface area contributed by atoms with Gasteiger partial charge in [0.05, 0.1) is 13.7 Å². The van der Waals surface area contributed by atoms with E-state index in [9.17, 15) is 9.59 Å². The van der Waals surface area contributed by atoms with Crippen LogP contribution in [0.1, 0.15) is 51.9 Å². The van der Waals surface area contributed by atoms with Gasteiger partial charge in [0.15, 0.2) is 0 Å². The lowest BCUT2D eigenvalue weighted by molar-refractivity contribution is -0.141. The number of ether oxygens (including phenoxy) is 2. The van der Waals surface area contributed by atoms with E-state index in [0.717, 1.165) is 18.5 Å². The first-order valence-corrected chi connectivity index (χ1v) is 7.82. The fourth-order valence-electron chi connectivity index (χ4n) is 2.07. The van der Waals surface area contributed by atoms with E-state index in [4.69, 9.17) is 4.74 Å². The van der Waals surface area contributed by atoms with Crippen LogP contribution in [0.2, 0.25) is 0 Å². The third-order valence-corrected chi connectivity index (χ3v) is 3.42. The van der Waals surface area contributed by atoms with Gasteiger partial charge in [0.25, 0.3) is 0 Å². The predicted molar refractivity (Wildman–Crippen MR) is 79.0 cm³/mol. The quantitative estimate of drug-likeness (QED) is 0.577. The zero-order valence-electron chi connectivity index (χ0n) is 12.2. The summed E-state index contributed by atoms with van der Waals surface area (Å²) in [4.78, 5) is 20.6. The third-order valence-electron chi connectivity index (χ3n) is 3.13. The average Bonchev–Trinajstić information content (AvgIpc) is 2.40. The van der Waals surface area contributed by atoms with Crippen molar-refractivity contribution in [3.8, 4) is 0 Å². The van der Waals surface area contributed by atoms with Crippen LogP contribution in [0.5, 0.6) is 0 Å². The molecule has 1 atom stereocenters. The average molecular weight is 290 g/mol. The van der Waals surface area contributed by atoms with Crippen molar-refractivity contribution < 1.29 is 19.1 Å². The van der Waals surface area contributed by atoms with Crippen LogP contribution in [0.15, 0.2) is 0 Å². The Bertz CT molecular complexity index is 250. The highest BCUT2D eigenvalue weighted by molar-refractivity contribution is 7.16. The zero-order valence-corrected chi connectivity index (χ0v) is 13.3. The van der Waals surface area contributed by atoms with E-state index in [1.807, 2.05) is 0 Å². The van der Waals surface area contributed by atoms with Crippen LogP contribution in [-0.2, 0) is 19.1 Å². The molecule has 1 saturated carbocycles. The summed E-state index contributed by atoms with van der Waals surface area (Å²) < 4.78 is 9.24. The Labute approximate surface area is 118 Å². The molecule has 19 heavy (non-hydrogen) atoms. The largest absolute Gasteiger partial charge is 0.469 e. The Morgan fingerprint density at radius 3 is 2.26 bits per heavy atom. The molecule has 1 aliphatic carbocycles. The number of hydrogen-bond acceptors (Lipinski definition) is 4. The van der Waals surface area contributed by atoms with E-state index in [0.29, 0.717) is 13.0 Å². The SMILES string of the molecule is CC(=O)OCCC1CCCCC1.COC(=O)CCP. The lowest BCUT2D eigenvalue weighted by Crippen LogP contribution is -2.10. The number of rotatable bonds is 5. The van der Waals surface area contributed by atoms with Gasteiger partial charge in [-0.3, -0.25) is 9.59 Å². The van der Waals surface area contributed by atoms with Gasteiger partial charge in [-0.2, -0.15) is 0 Å². The van der Waals surface area contributed by atoms with Crippen molar-refractivity contribution in [2.75, 3.05) is 19.9 Å². The van der Waals surface area contributed by atoms with Crippen molar-refractivity contribution >= 4 is 21.2 Å². The van der Waals surface area contributed by atoms with Gasteiger partial charge in [-0.1, -0.05) is 32.1 Å². The van der Waals surface area contributed by atoms with Crippen molar-refractivity contribution in [3.63, 3.8) is 0 Å². The molecule has 1 aliphatic rings. The Hall–Kier alpha value is -0.630. The summed E-state index contributed by atoms with van der Waals surface area (Å²) in [5.41, 5.74) is 0. The van der Waals surface area contributed by atoms with E-state index < -0.39 is 0 Å². The van der Waals surface area contributed by atoms with Gasteiger partial charge in [-0.15, -0.1) is 9.24 Å². The van der Waals surface area contributed by atoms with Crippen molar-refractivity contribution in [3.05, 3.63) is 0 Å². The zero-order chi connectivity index (χ0) is 14.5. The standard InChI is InChI=1S/C10H18O2.C4H9O2P/c1-9(11)12-8-7-10-5-3-2-4-6-10;1-6-4(5)2-3-7/h10H,2-8H2,1H3;2-3,7H2,1H3. The van der Waals surface area contributed by atoms with Gasteiger partial charge in [0, 0.05) is 13.3 Å². The lowest BCUT2D eigenvalue weighted by atomic mass is 9.87. The molecule has 0 aliphatic heterocycles. The summed E-state index contributed by atoms with van der Waals surface area (Å²) in [6.07, 6.45) is 9.15. The van der Waals surface area contributed by atoms with Gasteiger partial charge in [-0.25, -0.2) is 0 Å². The van der Waals surface area contributed by atoms with E-state index in [2.05, 4.69) is 14.0 Å². The van der Waals surface area contributed by atoms with Crippen LogP contribution in [-0.4, -0.2) is 31.8 Å². The predicted octanol–water partition coefficient (Wildman–Crippen LogP) is 2.94. The van der Waals surface area contributed by atoms with Gasteiger partial charge in [0.2, 0.25) is 0 Å². The van der Waals surface area contributed by atoms with E-state index in [1.54, 1.807) is 0 Å². The molecule has 0 spiro atoms. The molecule has 1 unspecified atom stereocenters. The molecule has 0 saturated heterocycles. The molecule has 0 amide bonds. The van der Waals surface area contributed by atoms with Crippen LogP contribution < -0.4 is 0 Å². The summed E-state index contributed by atoms with van der Waals surface area (Å²) in [5.74, 6) is 0.527. The monoisotopic (exact) mass is 290 g/mol. The number of carbonyl (C=O) groups is 2. The van der Waals surface area contributed by atoms with Crippen LogP contribution in [0.4, 0.5) is 0 Å².